The van der Waals surface area contributed by atoms with Gasteiger partial charge in [-0.2, -0.15) is 0 Å². The first-order chi connectivity index (χ1) is 5.34. The molecule has 0 aromatic carbocycles. The van der Waals surface area contributed by atoms with Gasteiger partial charge in [-0.1, -0.05) is 10.4 Å². The van der Waals surface area contributed by atoms with Gasteiger partial charge in [-0.15, -0.1) is 11.5 Å². The number of aromatic nitrogens is 2. The summed E-state index contributed by atoms with van der Waals surface area (Å²) in [5, 5.41) is 6.94. The van der Waals surface area contributed by atoms with Crippen molar-refractivity contribution in [3.05, 3.63) is 10.6 Å². The molecule has 0 saturated heterocycles. The molecule has 1 N–H and O–H groups in total. The quantitative estimate of drug-likeness (QED) is 0.528. The average molecular weight is 167 g/mol. The number of nitrogens with one attached hydrogen (secondary N) is 1. The molecule has 11 heavy (non-hydrogen) atoms. The Morgan fingerprint density at radius 3 is 3.09 bits per heavy atom. The molecule has 1 rings (SSSR count). The highest BCUT2D eigenvalue weighted by Gasteiger charge is 2.00. The molecule has 3 nitrogen and oxygen atoms in total. The van der Waals surface area contributed by atoms with Gasteiger partial charge in [0.1, 0.15) is 0 Å². The fourth-order valence-electron chi connectivity index (χ4n) is 0.661. The van der Waals surface area contributed by atoms with Gasteiger partial charge in [-0.05, 0) is 18.5 Å². The summed E-state index contributed by atoms with van der Waals surface area (Å²) in [6.07, 6.45) is 5.07. The van der Waals surface area contributed by atoms with Crippen molar-refractivity contribution in [2.75, 3.05) is 6.54 Å². The number of aryl methyl sites for hydroxylation is 1. The molecule has 1 aromatic heterocycles. The summed E-state index contributed by atoms with van der Waals surface area (Å²) >= 11 is 1.41. The Balaban J connectivity index is 2.40. The van der Waals surface area contributed by atoms with E-state index in [9.17, 15) is 0 Å². The second-order valence-corrected chi connectivity index (χ2v) is 2.93. The Morgan fingerprint density at radius 1 is 1.73 bits per heavy atom. The number of rotatable bonds is 3. The molecule has 0 fully saturated rings. The summed E-state index contributed by atoms with van der Waals surface area (Å²) in [5.74, 6) is 2.50. The molecule has 0 aliphatic rings. The van der Waals surface area contributed by atoms with Crippen molar-refractivity contribution in [3.63, 3.8) is 0 Å². The van der Waals surface area contributed by atoms with Crippen LogP contribution in [0.25, 0.3) is 0 Å². The molecule has 0 aliphatic carbocycles. The monoisotopic (exact) mass is 167 g/mol. The lowest BCUT2D eigenvalue weighted by Gasteiger charge is -1.95. The van der Waals surface area contributed by atoms with E-state index >= 15 is 0 Å². The minimum atomic E-state index is 0.595. The third-order valence-electron chi connectivity index (χ3n) is 1.26. The van der Waals surface area contributed by atoms with Crippen molar-refractivity contribution in [3.8, 4) is 12.3 Å². The molecular weight excluding hydrogens is 158 g/mol. The van der Waals surface area contributed by atoms with Gasteiger partial charge in [-0.3, -0.25) is 0 Å². The lowest BCUT2D eigenvalue weighted by Crippen LogP contribution is -2.12. The zero-order valence-electron chi connectivity index (χ0n) is 6.29. The highest BCUT2D eigenvalue weighted by molar-refractivity contribution is 7.05. The molecule has 0 unspecified atom stereocenters. The van der Waals surface area contributed by atoms with Gasteiger partial charge < -0.3 is 5.32 Å². The van der Waals surface area contributed by atoms with Crippen LogP contribution in [-0.2, 0) is 6.54 Å². The second-order valence-electron chi connectivity index (χ2n) is 2.09. The van der Waals surface area contributed by atoms with E-state index in [1.54, 1.807) is 0 Å². The predicted molar refractivity (Wildman–Crippen MR) is 45.2 cm³/mol. The minimum absolute atomic E-state index is 0.595. The highest BCUT2D eigenvalue weighted by Crippen LogP contribution is 2.07. The zero-order valence-corrected chi connectivity index (χ0v) is 7.11. The third kappa shape index (κ3) is 2.30. The largest absolute Gasteiger partial charge is 0.301 e. The summed E-state index contributed by atoms with van der Waals surface area (Å²) < 4.78 is 3.80. The van der Waals surface area contributed by atoms with Gasteiger partial charge in [0.2, 0.25) is 0 Å². The van der Waals surface area contributed by atoms with Gasteiger partial charge in [-0.25, -0.2) is 0 Å². The van der Waals surface area contributed by atoms with E-state index in [-0.39, 0.29) is 0 Å². The van der Waals surface area contributed by atoms with Gasteiger partial charge in [0.05, 0.1) is 17.1 Å². The lowest BCUT2D eigenvalue weighted by atomic mass is 10.4. The molecule has 0 saturated carbocycles. The maximum Gasteiger partial charge on any atom is 0.0769 e. The molecule has 0 radical (unpaired) electrons. The van der Waals surface area contributed by atoms with E-state index in [1.165, 1.54) is 11.5 Å². The number of hydrogen-bond acceptors (Lipinski definition) is 4. The molecule has 0 aliphatic heterocycles. The number of terminal acetylenes is 1. The fraction of sp³-hybridized carbons (Fsp3) is 0.429. The third-order valence-corrected chi connectivity index (χ3v) is 2.08. The van der Waals surface area contributed by atoms with Crippen LogP contribution >= 0.6 is 11.5 Å². The van der Waals surface area contributed by atoms with Crippen LogP contribution in [0.2, 0.25) is 0 Å². The Morgan fingerprint density at radius 2 is 2.55 bits per heavy atom. The van der Waals surface area contributed by atoms with Crippen molar-refractivity contribution < 1.29 is 0 Å². The molecule has 0 amide bonds. The summed E-state index contributed by atoms with van der Waals surface area (Å²) in [5.41, 5.74) is 0.986. The fourth-order valence-corrected chi connectivity index (χ4v) is 1.26. The van der Waals surface area contributed by atoms with Crippen LogP contribution < -0.4 is 5.32 Å². The topological polar surface area (TPSA) is 37.8 Å². The molecule has 0 bridgehead atoms. The molecule has 58 valence electrons. The van der Waals surface area contributed by atoms with E-state index < -0.39 is 0 Å². The van der Waals surface area contributed by atoms with Crippen LogP contribution in [0, 0.1) is 19.3 Å². The molecule has 0 atom stereocenters. The Bertz CT molecular complexity index is 261. The predicted octanol–water partition coefficient (Wildman–Crippen LogP) is 0.569. The van der Waals surface area contributed by atoms with Crippen molar-refractivity contribution >= 4 is 11.5 Å². The summed E-state index contributed by atoms with van der Waals surface area (Å²) in [7, 11) is 0. The SMILES string of the molecule is C#CCNCc1snnc1C. The Kier molecular flexibility index (Phi) is 3.02. The van der Waals surface area contributed by atoms with Gasteiger partial charge in [0, 0.05) is 6.54 Å². The zero-order chi connectivity index (χ0) is 8.10. The molecule has 0 spiro atoms. The van der Waals surface area contributed by atoms with Crippen molar-refractivity contribution in [1.29, 1.82) is 0 Å². The van der Waals surface area contributed by atoms with Gasteiger partial charge in [0.15, 0.2) is 0 Å². The Hall–Kier alpha value is -0.920. The van der Waals surface area contributed by atoms with E-state index in [1.807, 2.05) is 6.92 Å². The van der Waals surface area contributed by atoms with Crippen molar-refractivity contribution in [2.45, 2.75) is 13.5 Å². The van der Waals surface area contributed by atoms with Crippen molar-refractivity contribution in [2.24, 2.45) is 0 Å². The van der Waals surface area contributed by atoms with Crippen LogP contribution in [0.4, 0.5) is 0 Å². The van der Waals surface area contributed by atoms with Crippen molar-refractivity contribution in [1.82, 2.24) is 14.9 Å². The molecular formula is C7H9N3S. The van der Waals surface area contributed by atoms with Gasteiger partial charge >= 0.3 is 0 Å². The van der Waals surface area contributed by atoms with Crippen LogP contribution in [0.5, 0.6) is 0 Å². The first-order valence-electron chi connectivity index (χ1n) is 3.26. The standard InChI is InChI=1S/C7H9N3S/c1-3-4-8-5-7-6(2)9-10-11-7/h1,8H,4-5H2,2H3. The number of nitrogens with zero attached hydrogens (tertiary/aromatic N) is 2. The average Bonchev–Trinajstić information content (AvgIpc) is 2.37. The highest BCUT2D eigenvalue weighted by atomic mass is 32.1. The summed E-state index contributed by atoms with van der Waals surface area (Å²) in [6.45, 7) is 3.31. The van der Waals surface area contributed by atoms with Crippen LogP contribution in [0.1, 0.15) is 10.6 Å². The molecule has 1 heterocycles. The Labute approximate surface area is 70.0 Å². The van der Waals surface area contributed by atoms with E-state index in [2.05, 4.69) is 20.8 Å². The number of hydrogen-bond donors (Lipinski definition) is 1. The van der Waals surface area contributed by atoms with E-state index in [0.29, 0.717) is 6.54 Å². The maximum atomic E-state index is 5.07. The molecule has 4 heteroatoms. The van der Waals surface area contributed by atoms with E-state index in [0.717, 1.165) is 17.1 Å². The van der Waals surface area contributed by atoms with Crippen LogP contribution in [0.15, 0.2) is 0 Å². The van der Waals surface area contributed by atoms with E-state index in [4.69, 9.17) is 6.42 Å². The van der Waals surface area contributed by atoms with Crippen LogP contribution in [-0.4, -0.2) is 16.1 Å². The van der Waals surface area contributed by atoms with Crippen LogP contribution in [0.3, 0.4) is 0 Å². The first-order valence-corrected chi connectivity index (χ1v) is 4.04. The molecule has 1 aromatic rings. The smallest absolute Gasteiger partial charge is 0.0769 e. The minimum Gasteiger partial charge on any atom is -0.301 e. The lowest BCUT2D eigenvalue weighted by molar-refractivity contribution is 0.774. The normalized spacial score (nSPS) is 9.45. The summed E-state index contributed by atoms with van der Waals surface area (Å²) in [4.78, 5) is 1.15. The second kappa shape index (κ2) is 4.06. The summed E-state index contributed by atoms with van der Waals surface area (Å²) in [6, 6.07) is 0. The van der Waals surface area contributed by atoms with Gasteiger partial charge in [0.25, 0.3) is 0 Å². The maximum absolute atomic E-state index is 5.07. The first kappa shape index (κ1) is 8.18.